The second kappa shape index (κ2) is 6.72. The first-order valence-electron chi connectivity index (χ1n) is 7.15. The fraction of sp³-hybridized carbons (Fsp3) is 0.625. The molecule has 1 fully saturated rings. The van der Waals surface area contributed by atoms with Gasteiger partial charge in [-0.1, -0.05) is 59.3 Å². The summed E-state index contributed by atoms with van der Waals surface area (Å²) < 4.78 is 1.25. The lowest BCUT2D eigenvalue weighted by molar-refractivity contribution is 0.340. The summed E-state index contributed by atoms with van der Waals surface area (Å²) >= 11 is 3.72. The zero-order valence-electron chi connectivity index (χ0n) is 11.5. The zero-order chi connectivity index (χ0) is 13.0. The van der Waals surface area contributed by atoms with Crippen molar-refractivity contribution in [2.45, 2.75) is 51.5 Å². The van der Waals surface area contributed by atoms with Crippen LogP contribution in [0.15, 0.2) is 22.7 Å². The maximum atomic E-state index is 3.72. The standard InChI is InChI=1S/C16H24BrN/c1-12-9-10-15(17)14(11-12)16(18-2)13-7-5-3-4-6-8-13/h9-11,13,16,18H,3-8H2,1-2H3. The summed E-state index contributed by atoms with van der Waals surface area (Å²) in [6.07, 6.45) is 8.36. The van der Waals surface area contributed by atoms with E-state index in [0.29, 0.717) is 6.04 Å². The van der Waals surface area contributed by atoms with E-state index < -0.39 is 0 Å². The van der Waals surface area contributed by atoms with Crippen molar-refractivity contribution in [2.75, 3.05) is 7.05 Å². The molecule has 0 radical (unpaired) electrons. The Balaban J connectivity index is 2.23. The van der Waals surface area contributed by atoms with Crippen LogP contribution in [0.3, 0.4) is 0 Å². The smallest absolute Gasteiger partial charge is 0.0357 e. The van der Waals surface area contributed by atoms with Crippen LogP contribution in [0.25, 0.3) is 0 Å². The van der Waals surface area contributed by atoms with Crippen molar-refractivity contribution >= 4 is 15.9 Å². The second-order valence-corrected chi connectivity index (χ2v) is 6.40. The highest BCUT2D eigenvalue weighted by atomic mass is 79.9. The highest BCUT2D eigenvalue weighted by molar-refractivity contribution is 9.10. The fourth-order valence-corrected chi connectivity index (χ4v) is 3.68. The molecule has 1 aromatic carbocycles. The first-order valence-corrected chi connectivity index (χ1v) is 7.95. The highest BCUT2D eigenvalue weighted by Crippen LogP contribution is 2.36. The Labute approximate surface area is 119 Å². The molecule has 2 rings (SSSR count). The van der Waals surface area contributed by atoms with E-state index in [0.717, 1.165) is 5.92 Å². The third-order valence-electron chi connectivity index (χ3n) is 4.17. The molecule has 1 N–H and O–H groups in total. The molecule has 2 heteroatoms. The van der Waals surface area contributed by atoms with Crippen LogP contribution in [0.2, 0.25) is 0 Å². The molecule has 0 amide bonds. The van der Waals surface area contributed by atoms with Crippen LogP contribution in [-0.2, 0) is 0 Å². The summed E-state index contributed by atoms with van der Waals surface area (Å²) in [5, 5.41) is 3.55. The van der Waals surface area contributed by atoms with Gasteiger partial charge in [-0.3, -0.25) is 0 Å². The van der Waals surface area contributed by atoms with Crippen LogP contribution < -0.4 is 5.32 Å². The average Bonchev–Trinajstić information content (AvgIpc) is 2.64. The number of hydrogen-bond donors (Lipinski definition) is 1. The van der Waals surface area contributed by atoms with Gasteiger partial charge >= 0.3 is 0 Å². The van der Waals surface area contributed by atoms with Gasteiger partial charge in [-0.25, -0.2) is 0 Å². The number of rotatable bonds is 3. The molecule has 1 aliphatic carbocycles. The van der Waals surface area contributed by atoms with Crippen molar-refractivity contribution in [3.63, 3.8) is 0 Å². The maximum Gasteiger partial charge on any atom is 0.0357 e. The summed E-state index contributed by atoms with van der Waals surface area (Å²) in [6.45, 7) is 2.18. The Morgan fingerprint density at radius 1 is 1.17 bits per heavy atom. The van der Waals surface area contributed by atoms with E-state index in [4.69, 9.17) is 0 Å². The Morgan fingerprint density at radius 3 is 2.44 bits per heavy atom. The molecule has 1 nitrogen and oxygen atoms in total. The van der Waals surface area contributed by atoms with E-state index in [1.165, 1.54) is 54.1 Å². The summed E-state index contributed by atoms with van der Waals surface area (Å²) in [5.41, 5.74) is 2.78. The monoisotopic (exact) mass is 309 g/mol. The molecule has 0 heterocycles. The molecule has 1 atom stereocenters. The molecule has 1 aliphatic rings. The van der Waals surface area contributed by atoms with Crippen LogP contribution >= 0.6 is 15.9 Å². The lowest BCUT2D eigenvalue weighted by Gasteiger charge is -2.27. The molecule has 0 saturated heterocycles. The number of hydrogen-bond acceptors (Lipinski definition) is 1. The van der Waals surface area contributed by atoms with Gasteiger partial charge < -0.3 is 5.32 Å². The fourth-order valence-electron chi connectivity index (χ4n) is 3.19. The van der Waals surface area contributed by atoms with Gasteiger partial charge in [0.05, 0.1) is 0 Å². The van der Waals surface area contributed by atoms with Gasteiger partial charge in [0.25, 0.3) is 0 Å². The number of nitrogens with one attached hydrogen (secondary N) is 1. The largest absolute Gasteiger partial charge is 0.313 e. The van der Waals surface area contributed by atoms with Gasteiger partial charge in [-0.15, -0.1) is 0 Å². The lowest BCUT2D eigenvalue weighted by atomic mass is 9.87. The van der Waals surface area contributed by atoms with Gasteiger partial charge in [0.2, 0.25) is 0 Å². The molecular formula is C16H24BrN. The van der Waals surface area contributed by atoms with E-state index in [-0.39, 0.29) is 0 Å². The quantitative estimate of drug-likeness (QED) is 0.776. The van der Waals surface area contributed by atoms with E-state index in [1.54, 1.807) is 0 Å². The maximum absolute atomic E-state index is 3.72. The SMILES string of the molecule is CNC(c1cc(C)ccc1Br)C1CCCCCC1. The minimum absolute atomic E-state index is 0.498. The van der Waals surface area contributed by atoms with E-state index in [9.17, 15) is 0 Å². The summed E-state index contributed by atoms with van der Waals surface area (Å²) in [6, 6.07) is 7.19. The first-order chi connectivity index (χ1) is 8.72. The number of benzene rings is 1. The van der Waals surface area contributed by atoms with E-state index >= 15 is 0 Å². The molecule has 0 aromatic heterocycles. The zero-order valence-corrected chi connectivity index (χ0v) is 13.1. The molecular weight excluding hydrogens is 286 g/mol. The molecule has 0 bridgehead atoms. The highest BCUT2D eigenvalue weighted by Gasteiger charge is 2.24. The number of aryl methyl sites for hydroxylation is 1. The molecule has 1 unspecified atom stereocenters. The first kappa shape index (κ1) is 14.1. The van der Waals surface area contributed by atoms with Crippen LogP contribution in [0.1, 0.15) is 55.7 Å². The third-order valence-corrected chi connectivity index (χ3v) is 4.89. The molecule has 100 valence electrons. The number of halogens is 1. The van der Waals surface area contributed by atoms with Gasteiger partial charge in [0, 0.05) is 10.5 Å². The molecule has 1 saturated carbocycles. The Morgan fingerprint density at radius 2 is 1.83 bits per heavy atom. The predicted molar refractivity (Wildman–Crippen MR) is 81.9 cm³/mol. The molecule has 1 aromatic rings. The van der Waals surface area contributed by atoms with Crippen molar-refractivity contribution in [3.05, 3.63) is 33.8 Å². The van der Waals surface area contributed by atoms with Crippen LogP contribution in [-0.4, -0.2) is 7.05 Å². The van der Waals surface area contributed by atoms with Crippen LogP contribution in [0, 0.1) is 12.8 Å². The summed E-state index contributed by atoms with van der Waals surface area (Å²) in [7, 11) is 2.10. The Hall–Kier alpha value is -0.340. The van der Waals surface area contributed by atoms with Crippen molar-refractivity contribution in [2.24, 2.45) is 5.92 Å². The third kappa shape index (κ3) is 3.36. The van der Waals surface area contributed by atoms with Gasteiger partial charge in [-0.2, -0.15) is 0 Å². The summed E-state index contributed by atoms with van der Waals surface area (Å²) in [4.78, 5) is 0. The Kier molecular flexibility index (Phi) is 5.25. The van der Waals surface area contributed by atoms with Crippen molar-refractivity contribution in [1.82, 2.24) is 5.32 Å². The Bertz CT molecular complexity index is 381. The molecule has 0 aliphatic heterocycles. The van der Waals surface area contributed by atoms with Crippen molar-refractivity contribution in [1.29, 1.82) is 0 Å². The minimum Gasteiger partial charge on any atom is -0.313 e. The second-order valence-electron chi connectivity index (χ2n) is 5.54. The van der Waals surface area contributed by atoms with Gasteiger partial charge in [0.1, 0.15) is 0 Å². The topological polar surface area (TPSA) is 12.0 Å². The van der Waals surface area contributed by atoms with E-state index in [2.05, 4.69) is 53.4 Å². The van der Waals surface area contributed by atoms with E-state index in [1.807, 2.05) is 0 Å². The van der Waals surface area contributed by atoms with Crippen LogP contribution in [0.5, 0.6) is 0 Å². The lowest BCUT2D eigenvalue weighted by Crippen LogP contribution is -2.25. The minimum atomic E-state index is 0.498. The molecule has 18 heavy (non-hydrogen) atoms. The average molecular weight is 310 g/mol. The van der Waals surface area contributed by atoms with Gasteiger partial charge in [-0.05, 0) is 44.4 Å². The van der Waals surface area contributed by atoms with Gasteiger partial charge in [0.15, 0.2) is 0 Å². The van der Waals surface area contributed by atoms with Crippen LogP contribution in [0.4, 0.5) is 0 Å². The van der Waals surface area contributed by atoms with Crippen molar-refractivity contribution < 1.29 is 0 Å². The summed E-state index contributed by atoms with van der Waals surface area (Å²) in [5.74, 6) is 0.788. The predicted octanol–water partition coefficient (Wildman–Crippen LogP) is 4.99. The van der Waals surface area contributed by atoms with Crippen molar-refractivity contribution in [3.8, 4) is 0 Å². The normalized spacial score (nSPS) is 19.5. The molecule has 0 spiro atoms.